The van der Waals surface area contributed by atoms with Gasteiger partial charge >= 0.3 is 11.9 Å². The van der Waals surface area contributed by atoms with Crippen molar-refractivity contribution in [3.8, 4) is 11.8 Å². The van der Waals surface area contributed by atoms with Gasteiger partial charge in [-0.05, 0) is 12.8 Å². The van der Waals surface area contributed by atoms with Gasteiger partial charge in [0.1, 0.15) is 0 Å². The molecule has 0 aliphatic heterocycles. The van der Waals surface area contributed by atoms with E-state index in [0.29, 0.717) is 19.3 Å². The second kappa shape index (κ2) is 7.17. The first-order valence-corrected chi connectivity index (χ1v) is 3.95. The molecule has 0 aliphatic rings. The molecule has 0 aliphatic carbocycles. The molecule has 0 heterocycles. The maximum atomic E-state index is 10.5. The molecule has 4 nitrogen and oxygen atoms in total. The van der Waals surface area contributed by atoms with Crippen molar-refractivity contribution in [1.82, 2.24) is 0 Å². The van der Waals surface area contributed by atoms with E-state index in [9.17, 15) is 9.59 Å². The van der Waals surface area contributed by atoms with Crippen LogP contribution in [0.15, 0.2) is 0 Å². The van der Waals surface area contributed by atoms with Crippen molar-refractivity contribution in [3.63, 3.8) is 0 Å². The van der Waals surface area contributed by atoms with E-state index in [-0.39, 0.29) is 6.42 Å². The Morgan fingerprint density at radius 3 is 2.62 bits per heavy atom. The Bertz CT molecular complexity index is 234. The summed E-state index contributed by atoms with van der Waals surface area (Å²) in [7, 11) is 1.27. The highest BCUT2D eigenvalue weighted by atomic mass is 16.5. The summed E-state index contributed by atoms with van der Waals surface area (Å²) in [6.07, 6.45) is 1.96. The molecule has 0 radical (unpaired) electrons. The Kier molecular flexibility index (Phi) is 6.34. The zero-order valence-electron chi connectivity index (χ0n) is 7.50. The number of carboxylic acids is 1. The number of unbranched alkanes of at least 4 members (excludes halogenated alkanes) is 2. The lowest BCUT2D eigenvalue weighted by Crippen LogP contribution is -1.95. The second-order valence-corrected chi connectivity index (χ2v) is 2.39. The third-order valence-corrected chi connectivity index (χ3v) is 1.32. The maximum absolute atomic E-state index is 10.5. The molecular weight excluding hydrogens is 172 g/mol. The fraction of sp³-hybridized carbons (Fsp3) is 0.556. The lowest BCUT2D eigenvalue weighted by atomic mass is 10.2. The molecule has 1 N–H and O–H groups in total. The number of carbonyl (C=O) groups excluding carboxylic acids is 1. The van der Waals surface area contributed by atoms with E-state index in [2.05, 4.69) is 16.6 Å². The SMILES string of the molecule is COC(=O)C#CCCCCC(=O)O. The summed E-state index contributed by atoms with van der Waals surface area (Å²) in [6.45, 7) is 0. The number of rotatable bonds is 4. The lowest BCUT2D eigenvalue weighted by Gasteiger charge is -1.90. The summed E-state index contributed by atoms with van der Waals surface area (Å²) in [5, 5.41) is 8.29. The quantitative estimate of drug-likeness (QED) is 0.304. The smallest absolute Gasteiger partial charge is 0.384 e. The van der Waals surface area contributed by atoms with Crippen LogP contribution in [0.3, 0.4) is 0 Å². The van der Waals surface area contributed by atoms with Gasteiger partial charge in [0, 0.05) is 18.8 Å². The average molecular weight is 184 g/mol. The molecule has 0 atom stereocenters. The van der Waals surface area contributed by atoms with Gasteiger partial charge in [-0.2, -0.15) is 0 Å². The monoisotopic (exact) mass is 184 g/mol. The van der Waals surface area contributed by atoms with E-state index in [0.717, 1.165) is 0 Å². The number of hydrogen-bond acceptors (Lipinski definition) is 3. The predicted molar refractivity (Wildman–Crippen MR) is 45.9 cm³/mol. The molecule has 0 aromatic heterocycles. The first-order valence-electron chi connectivity index (χ1n) is 3.95. The molecule has 0 amide bonds. The number of hydrogen-bond donors (Lipinski definition) is 1. The second-order valence-electron chi connectivity index (χ2n) is 2.39. The standard InChI is InChI=1S/C9H12O4/c1-13-9(12)7-5-3-2-4-6-8(10)11/h2-4,6H2,1H3,(H,10,11). The Labute approximate surface area is 76.9 Å². The van der Waals surface area contributed by atoms with Gasteiger partial charge in [-0.1, -0.05) is 5.92 Å². The van der Waals surface area contributed by atoms with E-state index < -0.39 is 11.9 Å². The van der Waals surface area contributed by atoms with E-state index in [1.165, 1.54) is 7.11 Å². The molecular formula is C9H12O4. The predicted octanol–water partition coefficient (Wildman–Crippen LogP) is 0.808. The zero-order chi connectivity index (χ0) is 10.1. The van der Waals surface area contributed by atoms with E-state index in [4.69, 9.17) is 5.11 Å². The number of carbonyl (C=O) groups is 2. The fourth-order valence-electron chi connectivity index (χ4n) is 0.675. The Morgan fingerprint density at radius 2 is 2.08 bits per heavy atom. The van der Waals surface area contributed by atoms with Crippen LogP contribution in [-0.4, -0.2) is 24.2 Å². The van der Waals surface area contributed by atoms with Crippen molar-refractivity contribution >= 4 is 11.9 Å². The van der Waals surface area contributed by atoms with Crippen molar-refractivity contribution in [2.45, 2.75) is 25.7 Å². The third kappa shape index (κ3) is 8.41. The Hall–Kier alpha value is -1.50. The maximum Gasteiger partial charge on any atom is 0.384 e. The van der Waals surface area contributed by atoms with Crippen LogP contribution in [0.2, 0.25) is 0 Å². The summed E-state index contributed by atoms with van der Waals surface area (Å²) >= 11 is 0. The lowest BCUT2D eigenvalue weighted by molar-refractivity contribution is -0.137. The summed E-state index contributed by atoms with van der Waals surface area (Å²) in [5.41, 5.74) is 0. The number of aliphatic carboxylic acids is 1. The van der Waals surface area contributed by atoms with Gasteiger partial charge in [0.2, 0.25) is 0 Å². The highest BCUT2D eigenvalue weighted by molar-refractivity contribution is 5.88. The zero-order valence-corrected chi connectivity index (χ0v) is 7.50. The van der Waals surface area contributed by atoms with Crippen LogP contribution in [0.5, 0.6) is 0 Å². The van der Waals surface area contributed by atoms with Gasteiger partial charge in [-0.3, -0.25) is 4.79 Å². The number of methoxy groups -OCH3 is 1. The number of ether oxygens (including phenoxy) is 1. The van der Waals surface area contributed by atoms with Crippen molar-refractivity contribution in [3.05, 3.63) is 0 Å². The van der Waals surface area contributed by atoms with Gasteiger partial charge in [0.15, 0.2) is 0 Å². The average Bonchev–Trinajstić information content (AvgIpc) is 2.10. The molecule has 0 rings (SSSR count). The number of esters is 1. The van der Waals surface area contributed by atoms with Crippen LogP contribution >= 0.6 is 0 Å². The van der Waals surface area contributed by atoms with Crippen LogP contribution in [-0.2, 0) is 14.3 Å². The highest BCUT2D eigenvalue weighted by Crippen LogP contribution is 1.97. The van der Waals surface area contributed by atoms with Crippen molar-refractivity contribution in [2.75, 3.05) is 7.11 Å². The molecule has 0 saturated heterocycles. The molecule has 4 heteroatoms. The Balaban J connectivity index is 3.38. The van der Waals surface area contributed by atoms with Crippen LogP contribution in [0.25, 0.3) is 0 Å². The van der Waals surface area contributed by atoms with Gasteiger partial charge < -0.3 is 9.84 Å². The summed E-state index contributed by atoms with van der Waals surface area (Å²) in [4.78, 5) is 20.5. The first kappa shape index (κ1) is 11.5. The molecule has 13 heavy (non-hydrogen) atoms. The van der Waals surface area contributed by atoms with Crippen molar-refractivity contribution < 1.29 is 19.4 Å². The summed E-state index contributed by atoms with van der Waals surface area (Å²) in [5.74, 6) is 3.49. The Morgan fingerprint density at radius 1 is 1.38 bits per heavy atom. The molecule has 0 aromatic rings. The van der Waals surface area contributed by atoms with Crippen LogP contribution in [0.4, 0.5) is 0 Å². The van der Waals surface area contributed by atoms with Crippen molar-refractivity contribution in [2.24, 2.45) is 0 Å². The van der Waals surface area contributed by atoms with E-state index in [1.54, 1.807) is 0 Å². The summed E-state index contributed by atoms with van der Waals surface area (Å²) < 4.78 is 4.29. The largest absolute Gasteiger partial charge is 0.481 e. The van der Waals surface area contributed by atoms with Crippen LogP contribution < -0.4 is 0 Å². The minimum absolute atomic E-state index is 0.153. The normalized spacial score (nSPS) is 8.38. The fourth-order valence-corrected chi connectivity index (χ4v) is 0.675. The van der Waals surface area contributed by atoms with E-state index >= 15 is 0 Å². The van der Waals surface area contributed by atoms with Gasteiger partial charge in [-0.15, -0.1) is 0 Å². The molecule has 0 aromatic carbocycles. The molecule has 0 spiro atoms. The minimum atomic E-state index is -0.805. The van der Waals surface area contributed by atoms with Gasteiger partial charge in [0.05, 0.1) is 7.11 Å². The molecule has 0 bridgehead atoms. The van der Waals surface area contributed by atoms with Crippen LogP contribution in [0.1, 0.15) is 25.7 Å². The number of carboxylic acid groups (broad SMARTS) is 1. The van der Waals surface area contributed by atoms with Crippen molar-refractivity contribution in [1.29, 1.82) is 0 Å². The molecule has 72 valence electrons. The molecule has 0 unspecified atom stereocenters. The molecule has 0 fully saturated rings. The molecule has 0 saturated carbocycles. The third-order valence-electron chi connectivity index (χ3n) is 1.32. The highest BCUT2D eigenvalue weighted by Gasteiger charge is 1.94. The minimum Gasteiger partial charge on any atom is -0.481 e. The summed E-state index contributed by atoms with van der Waals surface area (Å²) in [6, 6.07) is 0. The first-order chi connectivity index (χ1) is 6.16. The van der Waals surface area contributed by atoms with E-state index in [1.807, 2.05) is 0 Å². The topological polar surface area (TPSA) is 63.6 Å². The van der Waals surface area contributed by atoms with Gasteiger partial charge in [-0.25, -0.2) is 4.79 Å². The van der Waals surface area contributed by atoms with Crippen LogP contribution in [0, 0.1) is 11.8 Å². The van der Waals surface area contributed by atoms with Gasteiger partial charge in [0.25, 0.3) is 0 Å².